The molecule has 2 aromatic rings. The third-order valence-corrected chi connectivity index (χ3v) is 12.9. The summed E-state index contributed by atoms with van der Waals surface area (Å²) in [6.45, 7) is 20.2. The van der Waals surface area contributed by atoms with E-state index in [2.05, 4.69) is 69.6 Å². The van der Waals surface area contributed by atoms with Crippen molar-refractivity contribution in [2.24, 2.45) is 22.7 Å². The quantitative estimate of drug-likeness (QED) is 0.212. The van der Waals surface area contributed by atoms with E-state index in [1.54, 1.807) is 23.9 Å². The maximum atomic E-state index is 13.9. The van der Waals surface area contributed by atoms with Gasteiger partial charge in [-0.1, -0.05) is 55.4 Å². The third kappa shape index (κ3) is 9.99. The normalized spacial score (nSPS) is 23.1. The summed E-state index contributed by atoms with van der Waals surface area (Å²) in [6, 6.07) is 12.7. The Bertz CT molecular complexity index is 1380. The molecule has 0 amide bonds. The minimum absolute atomic E-state index is 0.0370. The number of fused-ring (bicyclic) bond motifs is 2. The van der Waals surface area contributed by atoms with Crippen molar-refractivity contribution in [2.75, 3.05) is 27.2 Å². The summed E-state index contributed by atoms with van der Waals surface area (Å²) in [7, 11) is 4.27. The van der Waals surface area contributed by atoms with Gasteiger partial charge in [0.1, 0.15) is 0 Å². The molecule has 0 radical (unpaired) electrons. The zero-order valence-electron chi connectivity index (χ0n) is 31.6. The number of nitrogens with zero attached hydrogens (tertiary/aromatic N) is 2. The zero-order chi connectivity index (χ0) is 35.2. The minimum atomic E-state index is -0.0468. The van der Waals surface area contributed by atoms with E-state index in [-0.39, 0.29) is 11.6 Å². The SMILES string of the molecule is CC.CN(C)CCCN(Sc1ccc2c(c1)C(=O)c1cc(SNC3CCC(C(C)(C)C)CC3)ccc1C2=O)C1CCC(C(C)(C)C)CC1. The molecule has 3 aliphatic rings. The van der Waals surface area contributed by atoms with E-state index in [1.165, 1.54) is 51.4 Å². The zero-order valence-corrected chi connectivity index (χ0v) is 33.2. The maximum Gasteiger partial charge on any atom is 0.194 e. The van der Waals surface area contributed by atoms with Crippen LogP contribution in [0, 0.1) is 22.7 Å². The fraction of sp³-hybridized carbons (Fsp3) is 0.659. The fourth-order valence-electron chi connectivity index (χ4n) is 7.67. The van der Waals surface area contributed by atoms with Gasteiger partial charge in [-0.25, -0.2) is 4.31 Å². The van der Waals surface area contributed by atoms with Crippen LogP contribution in [0.4, 0.5) is 0 Å². The predicted molar refractivity (Wildman–Crippen MR) is 206 cm³/mol. The predicted octanol–water partition coefficient (Wildman–Crippen LogP) is 10.6. The van der Waals surface area contributed by atoms with Crippen molar-refractivity contribution >= 4 is 35.5 Å². The van der Waals surface area contributed by atoms with Crippen molar-refractivity contribution in [3.63, 3.8) is 0 Å². The Balaban J connectivity index is 0.00000255. The molecule has 0 heterocycles. The van der Waals surface area contributed by atoms with E-state index in [1.807, 2.05) is 50.2 Å². The molecule has 5 nitrogen and oxygen atoms in total. The summed E-state index contributed by atoms with van der Waals surface area (Å²) >= 11 is 3.38. The van der Waals surface area contributed by atoms with Crippen molar-refractivity contribution in [1.29, 1.82) is 0 Å². The van der Waals surface area contributed by atoms with Crippen molar-refractivity contribution in [2.45, 2.75) is 135 Å². The van der Waals surface area contributed by atoms with Crippen LogP contribution in [0.2, 0.25) is 0 Å². The molecule has 266 valence electrons. The van der Waals surface area contributed by atoms with Crippen LogP contribution in [0.25, 0.3) is 0 Å². The van der Waals surface area contributed by atoms with Gasteiger partial charge in [-0.15, -0.1) is 0 Å². The number of carbonyl (C=O) groups is 2. The van der Waals surface area contributed by atoms with Crippen LogP contribution in [0.1, 0.15) is 145 Å². The average Bonchev–Trinajstić information content (AvgIpc) is 3.06. The molecule has 0 atom stereocenters. The second-order valence-electron chi connectivity index (χ2n) is 16.5. The van der Waals surface area contributed by atoms with Crippen LogP contribution in [0.3, 0.4) is 0 Å². The fourth-order valence-corrected chi connectivity index (χ4v) is 9.67. The first kappa shape index (κ1) is 39.2. The van der Waals surface area contributed by atoms with Gasteiger partial charge in [0.25, 0.3) is 0 Å². The molecular formula is C41H63N3O2S2. The van der Waals surface area contributed by atoms with Crippen molar-refractivity contribution in [1.82, 2.24) is 13.9 Å². The van der Waals surface area contributed by atoms with Crippen molar-refractivity contribution in [3.05, 3.63) is 58.7 Å². The first-order valence-electron chi connectivity index (χ1n) is 18.6. The Kier molecular flexibility index (Phi) is 13.9. The molecule has 3 aliphatic carbocycles. The van der Waals surface area contributed by atoms with E-state index in [9.17, 15) is 9.59 Å². The van der Waals surface area contributed by atoms with Gasteiger partial charge >= 0.3 is 0 Å². The molecule has 0 unspecified atom stereocenters. The number of rotatable bonds is 10. The Morgan fingerprint density at radius 3 is 1.67 bits per heavy atom. The van der Waals surface area contributed by atoms with Gasteiger partial charge in [0.15, 0.2) is 11.6 Å². The van der Waals surface area contributed by atoms with Gasteiger partial charge in [-0.05, 0) is 161 Å². The molecule has 0 saturated heterocycles. The number of nitrogens with one attached hydrogen (secondary N) is 1. The average molecular weight is 694 g/mol. The highest BCUT2D eigenvalue weighted by molar-refractivity contribution is 7.97. The van der Waals surface area contributed by atoms with Crippen LogP contribution in [-0.4, -0.2) is 60.0 Å². The molecular weight excluding hydrogens is 631 g/mol. The molecule has 0 aromatic heterocycles. The van der Waals surface area contributed by atoms with Gasteiger partial charge < -0.3 is 4.90 Å². The highest BCUT2D eigenvalue weighted by Gasteiger charge is 2.34. The summed E-state index contributed by atoms with van der Waals surface area (Å²) in [4.78, 5) is 31.8. The minimum Gasteiger partial charge on any atom is -0.309 e. The lowest BCUT2D eigenvalue weighted by Gasteiger charge is -2.40. The van der Waals surface area contributed by atoms with E-state index in [0.717, 1.165) is 41.1 Å². The standard InChI is InChI=1S/C39H57N3O2S2.C2H6/c1-38(2,3)26-10-14-28(15-11-26)40-45-30-18-20-32-34(24-30)37(44)35-25-31(19-21-33(35)36(32)43)46-42(23-9-22-41(7)8)29-16-12-27(13-17-29)39(4,5)6;1-2/h18-21,24-29,40H,9-17,22-23H2,1-8H3;1-2H3. The van der Waals surface area contributed by atoms with E-state index >= 15 is 0 Å². The van der Waals surface area contributed by atoms with Gasteiger partial charge in [-0.2, -0.15) is 0 Å². The number of benzene rings is 2. The summed E-state index contributed by atoms with van der Waals surface area (Å²) in [6.07, 6.45) is 10.9. The lowest BCUT2D eigenvalue weighted by atomic mass is 9.71. The van der Waals surface area contributed by atoms with Gasteiger partial charge in [0, 0.05) is 50.7 Å². The lowest BCUT2D eigenvalue weighted by Crippen LogP contribution is -2.37. The van der Waals surface area contributed by atoms with E-state index in [4.69, 9.17) is 0 Å². The number of ketones is 2. The summed E-state index contributed by atoms with van der Waals surface area (Å²) in [5.74, 6) is 1.46. The monoisotopic (exact) mass is 693 g/mol. The molecule has 2 saturated carbocycles. The second-order valence-corrected chi connectivity index (χ2v) is 18.5. The lowest BCUT2D eigenvalue weighted by molar-refractivity contribution is 0.0978. The van der Waals surface area contributed by atoms with Crippen molar-refractivity contribution in [3.8, 4) is 0 Å². The molecule has 5 rings (SSSR count). The van der Waals surface area contributed by atoms with Crippen molar-refractivity contribution < 1.29 is 9.59 Å². The van der Waals surface area contributed by atoms with Gasteiger partial charge in [-0.3, -0.25) is 14.3 Å². The van der Waals surface area contributed by atoms with Gasteiger partial charge in [0.2, 0.25) is 0 Å². The topological polar surface area (TPSA) is 52.6 Å². The first-order valence-corrected chi connectivity index (χ1v) is 20.2. The summed E-state index contributed by atoms with van der Waals surface area (Å²) in [5, 5.41) is 0. The van der Waals surface area contributed by atoms with Crippen LogP contribution < -0.4 is 4.72 Å². The largest absolute Gasteiger partial charge is 0.309 e. The van der Waals surface area contributed by atoms with Crippen LogP contribution >= 0.6 is 23.9 Å². The molecule has 2 fully saturated rings. The van der Waals surface area contributed by atoms with Crippen LogP contribution in [0.5, 0.6) is 0 Å². The molecule has 0 aliphatic heterocycles. The maximum absolute atomic E-state index is 13.9. The third-order valence-electron chi connectivity index (χ3n) is 10.8. The highest BCUT2D eigenvalue weighted by atomic mass is 32.2. The highest BCUT2D eigenvalue weighted by Crippen LogP contribution is 2.42. The van der Waals surface area contributed by atoms with Gasteiger partial charge in [0.05, 0.1) is 0 Å². The summed E-state index contributed by atoms with van der Waals surface area (Å²) in [5.41, 5.74) is 2.85. The summed E-state index contributed by atoms with van der Waals surface area (Å²) < 4.78 is 6.24. The molecule has 48 heavy (non-hydrogen) atoms. The molecule has 1 N–H and O–H groups in total. The van der Waals surface area contributed by atoms with E-state index < -0.39 is 0 Å². The van der Waals surface area contributed by atoms with Crippen LogP contribution in [0.15, 0.2) is 46.2 Å². The Hall–Kier alpha value is -1.64. The molecule has 0 spiro atoms. The Labute approximate surface area is 301 Å². The smallest absolute Gasteiger partial charge is 0.194 e. The number of carbonyl (C=O) groups excluding carboxylic acids is 2. The Morgan fingerprint density at radius 1 is 0.667 bits per heavy atom. The first-order chi connectivity index (χ1) is 22.7. The molecule has 2 aromatic carbocycles. The number of hydrogen-bond acceptors (Lipinski definition) is 7. The molecule has 0 bridgehead atoms. The van der Waals surface area contributed by atoms with Crippen LogP contribution in [-0.2, 0) is 0 Å². The number of hydrogen-bond donors (Lipinski definition) is 1. The molecule has 7 heteroatoms. The van der Waals surface area contributed by atoms with E-state index in [0.29, 0.717) is 45.2 Å². The Morgan fingerprint density at radius 2 is 1.15 bits per heavy atom. The second kappa shape index (κ2) is 17.0.